The Balaban J connectivity index is 2.18. The van der Waals surface area contributed by atoms with Crippen LogP contribution in [0.4, 0.5) is 11.4 Å². The van der Waals surface area contributed by atoms with Crippen molar-refractivity contribution in [3.63, 3.8) is 0 Å². The molecule has 2 aromatic carbocycles. The van der Waals surface area contributed by atoms with Crippen molar-refractivity contribution in [2.45, 2.75) is 137 Å². The molecule has 2 heteroatoms. The van der Waals surface area contributed by atoms with Gasteiger partial charge in [-0.05, 0) is 86.8 Å². The minimum absolute atomic E-state index is 0.972. The first-order chi connectivity index (χ1) is 20.2. The number of rotatable bonds is 22. The molecule has 0 amide bonds. The second-order valence-corrected chi connectivity index (χ2v) is 11.4. The van der Waals surface area contributed by atoms with Gasteiger partial charge in [0, 0.05) is 0 Å². The lowest BCUT2D eigenvalue weighted by Gasteiger charge is -2.11. The SMILES string of the molecule is CCCCCCC=Cc1ccc(N=C(CCCC)C(CCCCC)=Nc2ccc(C=CCCCCCC)cc2)cc1. The smallest absolute Gasteiger partial charge is 0.0634 e. The van der Waals surface area contributed by atoms with E-state index in [2.05, 4.69) is 101 Å². The summed E-state index contributed by atoms with van der Waals surface area (Å²) in [6.45, 7) is 9.05. The van der Waals surface area contributed by atoms with E-state index in [-0.39, 0.29) is 0 Å². The second-order valence-electron chi connectivity index (χ2n) is 11.4. The highest BCUT2D eigenvalue weighted by atomic mass is 14.8. The molecule has 0 heterocycles. The molecule has 0 radical (unpaired) electrons. The fourth-order valence-corrected chi connectivity index (χ4v) is 4.86. The average Bonchev–Trinajstić information content (AvgIpc) is 3.00. The van der Waals surface area contributed by atoms with Crippen molar-refractivity contribution >= 4 is 35.0 Å². The highest BCUT2D eigenvalue weighted by Crippen LogP contribution is 2.21. The van der Waals surface area contributed by atoms with Crippen molar-refractivity contribution in [1.29, 1.82) is 0 Å². The third-order valence-electron chi connectivity index (χ3n) is 7.50. The molecular weight excluding hydrogens is 496 g/mol. The zero-order chi connectivity index (χ0) is 29.4. The highest BCUT2D eigenvalue weighted by molar-refractivity contribution is 6.43. The van der Waals surface area contributed by atoms with Crippen LogP contribution < -0.4 is 0 Å². The fraction of sp³-hybridized carbons (Fsp3) is 0.538. The zero-order valence-corrected chi connectivity index (χ0v) is 26.8. The molecule has 2 nitrogen and oxygen atoms in total. The van der Waals surface area contributed by atoms with E-state index in [1.807, 2.05) is 0 Å². The van der Waals surface area contributed by atoms with Crippen molar-refractivity contribution < 1.29 is 0 Å². The largest absolute Gasteiger partial charge is 0.252 e. The van der Waals surface area contributed by atoms with Crippen LogP contribution in [0.3, 0.4) is 0 Å². The maximum absolute atomic E-state index is 5.19. The Hall–Kier alpha value is -2.74. The Bertz CT molecular complexity index is 1040. The lowest BCUT2D eigenvalue weighted by molar-refractivity contribution is 0.675. The van der Waals surface area contributed by atoms with E-state index in [1.54, 1.807) is 0 Å². The van der Waals surface area contributed by atoms with Gasteiger partial charge in [0.15, 0.2) is 0 Å². The Morgan fingerprint density at radius 3 is 1.27 bits per heavy atom. The minimum Gasteiger partial charge on any atom is -0.252 e. The fourth-order valence-electron chi connectivity index (χ4n) is 4.86. The highest BCUT2D eigenvalue weighted by Gasteiger charge is 2.10. The lowest BCUT2D eigenvalue weighted by Crippen LogP contribution is -2.14. The molecule has 0 saturated carbocycles. The Morgan fingerprint density at radius 1 is 0.463 bits per heavy atom. The maximum Gasteiger partial charge on any atom is 0.0634 e. The summed E-state index contributed by atoms with van der Waals surface area (Å²) in [6, 6.07) is 17.4. The van der Waals surface area contributed by atoms with Gasteiger partial charge in [-0.3, -0.25) is 9.98 Å². The normalized spacial score (nSPS) is 12.7. The van der Waals surface area contributed by atoms with Crippen molar-refractivity contribution in [3.8, 4) is 0 Å². The van der Waals surface area contributed by atoms with Crippen LogP contribution in [0.1, 0.15) is 148 Å². The summed E-state index contributed by atoms with van der Waals surface area (Å²) in [5.74, 6) is 0. The maximum atomic E-state index is 5.19. The summed E-state index contributed by atoms with van der Waals surface area (Å²) in [4.78, 5) is 10.4. The summed E-state index contributed by atoms with van der Waals surface area (Å²) in [6.07, 6.45) is 29.8. The summed E-state index contributed by atoms with van der Waals surface area (Å²) in [5, 5.41) is 0. The molecule has 224 valence electrons. The molecule has 2 aromatic rings. The molecule has 0 atom stereocenters. The van der Waals surface area contributed by atoms with E-state index in [0.717, 1.165) is 67.7 Å². The van der Waals surface area contributed by atoms with Crippen molar-refractivity contribution in [2.75, 3.05) is 0 Å². The molecule has 0 bridgehead atoms. The van der Waals surface area contributed by atoms with Gasteiger partial charge in [-0.2, -0.15) is 0 Å². The van der Waals surface area contributed by atoms with E-state index < -0.39 is 0 Å². The summed E-state index contributed by atoms with van der Waals surface area (Å²) in [7, 11) is 0. The molecule has 0 fully saturated rings. The standard InChI is InChI=1S/C39H58N2/c1-5-9-13-15-17-20-22-34-26-30-36(31-27-34)40-38(24-12-8-4)39(25-19-11-7-3)41-37-32-28-35(29-33-37)23-21-18-16-14-10-6-2/h20-23,26-33H,5-19,24-25H2,1-4H3. The molecule has 0 aromatic heterocycles. The molecule has 41 heavy (non-hydrogen) atoms. The van der Waals surface area contributed by atoms with E-state index >= 15 is 0 Å². The predicted molar refractivity (Wildman–Crippen MR) is 186 cm³/mol. The molecule has 0 spiro atoms. The molecule has 0 aliphatic carbocycles. The summed E-state index contributed by atoms with van der Waals surface area (Å²) < 4.78 is 0. The second kappa shape index (κ2) is 22.9. The summed E-state index contributed by atoms with van der Waals surface area (Å²) in [5.41, 5.74) is 6.86. The van der Waals surface area contributed by atoms with Crippen molar-refractivity contribution in [3.05, 3.63) is 71.8 Å². The van der Waals surface area contributed by atoms with Crippen LogP contribution >= 0.6 is 0 Å². The quantitative estimate of drug-likeness (QED) is 0.102. The third kappa shape index (κ3) is 15.7. The molecular formula is C39H58N2. The van der Waals surface area contributed by atoms with Gasteiger partial charge in [-0.25, -0.2) is 0 Å². The predicted octanol–water partition coefficient (Wildman–Crippen LogP) is 13.3. The molecule has 2 rings (SSSR count). The van der Waals surface area contributed by atoms with Gasteiger partial charge < -0.3 is 0 Å². The first kappa shape index (κ1) is 34.5. The number of benzene rings is 2. The topological polar surface area (TPSA) is 24.7 Å². The number of unbranched alkanes of at least 4 members (excludes halogenated alkanes) is 11. The molecule has 0 saturated heterocycles. The molecule has 0 aliphatic rings. The van der Waals surface area contributed by atoms with Crippen molar-refractivity contribution in [1.82, 2.24) is 0 Å². The van der Waals surface area contributed by atoms with Gasteiger partial charge in [0.2, 0.25) is 0 Å². The van der Waals surface area contributed by atoms with Gasteiger partial charge >= 0.3 is 0 Å². The zero-order valence-electron chi connectivity index (χ0n) is 26.8. The Labute approximate surface area is 253 Å². The number of hydrogen-bond acceptors (Lipinski definition) is 2. The molecule has 0 N–H and O–H groups in total. The van der Waals surface area contributed by atoms with Crippen LogP contribution in [0.25, 0.3) is 12.2 Å². The van der Waals surface area contributed by atoms with E-state index in [9.17, 15) is 0 Å². The van der Waals surface area contributed by atoms with Gasteiger partial charge in [0.1, 0.15) is 0 Å². The molecule has 0 aliphatic heterocycles. The number of allylic oxidation sites excluding steroid dienone is 2. The first-order valence-corrected chi connectivity index (χ1v) is 16.9. The third-order valence-corrected chi connectivity index (χ3v) is 7.50. The number of nitrogens with zero attached hydrogens (tertiary/aromatic N) is 2. The van der Waals surface area contributed by atoms with E-state index in [0.29, 0.717) is 0 Å². The van der Waals surface area contributed by atoms with Gasteiger partial charge in [0.05, 0.1) is 22.8 Å². The van der Waals surface area contributed by atoms with Crippen LogP contribution in [0, 0.1) is 0 Å². The molecule has 0 unspecified atom stereocenters. The van der Waals surface area contributed by atoms with Crippen LogP contribution in [0.5, 0.6) is 0 Å². The van der Waals surface area contributed by atoms with Crippen LogP contribution in [-0.2, 0) is 0 Å². The van der Waals surface area contributed by atoms with Gasteiger partial charge in [-0.15, -0.1) is 0 Å². The van der Waals surface area contributed by atoms with Crippen LogP contribution in [0.15, 0.2) is 70.7 Å². The number of aliphatic imine (C=N–C) groups is 2. The van der Waals surface area contributed by atoms with Crippen LogP contribution in [0.2, 0.25) is 0 Å². The van der Waals surface area contributed by atoms with Gasteiger partial charge in [0.25, 0.3) is 0 Å². The average molecular weight is 555 g/mol. The minimum atomic E-state index is 0.972. The lowest BCUT2D eigenvalue weighted by atomic mass is 10.0. The first-order valence-electron chi connectivity index (χ1n) is 16.9. The Kier molecular flexibility index (Phi) is 19.2. The van der Waals surface area contributed by atoms with Crippen molar-refractivity contribution in [2.24, 2.45) is 9.98 Å². The Morgan fingerprint density at radius 2 is 0.854 bits per heavy atom. The van der Waals surface area contributed by atoms with E-state index in [4.69, 9.17) is 9.98 Å². The monoisotopic (exact) mass is 554 g/mol. The van der Waals surface area contributed by atoms with Gasteiger partial charge in [-0.1, -0.05) is 134 Å². The van der Waals surface area contributed by atoms with Crippen LogP contribution in [-0.4, -0.2) is 11.4 Å². The van der Waals surface area contributed by atoms with E-state index in [1.165, 1.54) is 75.3 Å². The number of hydrogen-bond donors (Lipinski definition) is 0. The summed E-state index contributed by atoms with van der Waals surface area (Å²) >= 11 is 0.